The van der Waals surface area contributed by atoms with Crippen LogP contribution < -0.4 is 0 Å². The average molecular weight is 365 g/mol. The number of likely N-dealkylation sites (tertiary alicyclic amines) is 1. The van der Waals surface area contributed by atoms with Crippen LogP contribution in [0.25, 0.3) is 0 Å². The van der Waals surface area contributed by atoms with Gasteiger partial charge in [0.2, 0.25) is 0 Å². The Balaban J connectivity index is 2.03. The van der Waals surface area contributed by atoms with Crippen molar-refractivity contribution in [2.24, 2.45) is 5.92 Å². The van der Waals surface area contributed by atoms with Crippen LogP contribution in [0.4, 0.5) is 0 Å². The number of halogens is 1. The summed E-state index contributed by atoms with van der Waals surface area (Å²) >= 11 is 3.52. The van der Waals surface area contributed by atoms with Crippen LogP contribution in [-0.4, -0.2) is 33.5 Å². The molecule has 2 heterocycles. The molecule has 22 heavy (non-hydrogen) atoms. The Morgan fingerprint density at radius 1 is 1.55 bits per heavy atom. The summed E-state index contributed by atoms with van der Waals surface area (Å²) in [6, 6.07) is 0.388. The van der Waals surface area contributed by atoms with Crippen molar-refractivity contribution in [3.8, 4) is 0 Å². The average Bonchev–Trinajstić information content (AvgIpc) is 3.05. The predicted octanol–water partition coefficient (Wildman–Crippen LogP) is 4.34. The van der Waals surface area contributed by atoms with Crippen LogP contribution in [0.5, 0.6) is 0 Å². The first-order chi connectivity index (χ1) is 10.3. The lowest BCUT2D eigenvalue weighted by Gasteiger charge is -2.22. The highest BCUT2D eigenvalue weighted by molar-refractivity contribution is 9.10. The standard InChI is InChI=1S/C17H25BrN4/c1-11(2)17(19)8-12(3)14(5)21-7-6-15(9-21)22-10-16(18)13(4)20-22/h8,10-11,15,19H,5-7,9H2,1-4H3/b12-8+,19-17?. The monoisotopic (exact) mass is 364 g/mol. The number of allylic oxidation sites excluding steroid dienone is 2. The van der Waals surface area contributed by atoms with E-state index in [9.17, 15) is 0 Å². The maximum atomic E-state index is 7.98. The second-order valence-electron chi connectivity index (χ2n) is 6.32. The lowest BCUT2D eigenvalue weighted by Crippen LogP contribution is -2.22. The highest BCUT2D eigenvalue weighted by Gasteiger charge is 2.26. The Labute approximate surface area is 141 Å². The van der Waals surface area contributed by atoms with E-state index in [-0.39, 0.29) is 5.92 Å². The second-order valence-corrected chi connectivity index (χ2v) is 7.17. The molecule has 1 aliphatic rings. The Morgan fingerprint density at radius 3 is 2.77 bits per heavy atom. The Kier molecular flexibility index (Phi) is 5.27. The van der Waals surface area contributed by atoms with Crippen LogP contribution in [-0.2, 0) is 0 Å². The van der Waals surface area contributed by atoms with Crippen LogP contribution in [0, 0.1) is 18.3 Å². The molecule has 1 fully saturated rings. The SMILES string of the molecule is C=C(/C(C)=C/C(=N)C(C)C)N1CCC(n2cc(Br)c(C)n2)C1. The fourth-order valence-corrected chi connectivity index (χ4v) is 2.87. The van der Waals surface area contributed by atoms with Gasteiger partial charge in [-0.1, -0.05) is 20.4 Å². The van der Waals surface area contributed by atoms with E-state index in [2.05, 4.69) is 43.4 Å². The van der Waals surface area contributed by atoms with Crippen LogP contribution in [0.3, 0.4) is 0 Å². The molecule has 1 atom stereocenters. The van der Waals surface area contributed by atoms with Crippen LogP contribution in [0.15, 0.2) is 34.6 Å². The molecule has 0 saturated carbocycles. The van der Waals surface area contributed by atoms with E-state index in [0.29, 0.717) is 11.8 Å². The van der Waals surface area contributed by atoms with E-state index in [0.717, 1.165) is 40.9 Å². The molecule has 0 bridgehead atoms. The first-order valence-electron chi connectivity index (χ1n) is 7.71. The number of hydrogen-bond donors (Lipinski definition) is 1. The molecule has 1 saturated heterocycles. The van der Waals surface area contributed by atoms with E-state index < -0.39 is 0 Å². The fourth-order valence-electron chi connectivity index (χ4n) is 2.58. The van der Waals surface area contributed by atoms with Gasteiger partial charge >= 0.3 is 0 Å². The molecule has 1 N–H and O–H groups in total. The molecule has 0 amide bonds. The lowest BCUT2D eigenvalue weighted by atomic mass is 10.0. The first-order valence-corrected chi connectivity index (χ1v) is 8.51. The second kappa shape index (κ2) is 6.82. The van der Waals surface area contributed by atoms with E-state index in [1.807, 2.05) is 33.8 Å². The van der Waals surface area contributed by atoms with Crippen LogP contribution in [0.2, 0.25) is 0 Å². The zero-order chi connectivity index (χ0) is 16.4. The Morgan fingerprint density at radius 2 is 2.23 bits per heavy atom. The minimum atomic E-state index is 0.249. The Hall–Kier alpha value is -1.36. The van der Waals surface area contributed by atoms with Gasteiger partial charge in [0.15, 0.2) is 0 Å². The van der Waals surface area contributed by atoms with Gasteiger partial charge in [0.25, 0.3) is 0 Å². The van der Waals surface area contributed by atoms with Crippen molar-refractivity contribution in [1.82, 2.24) is 14.7 Å². The predicted molar refractivity (Wildman–Crippen MR) is 95.4 cm³/mol. The van der Waals surface area contributed by atoms with Gasteiger partial charge in [-0.2, -0.15) is 5.10 Å². The van der Waals surface area contributed by atoms with Crippen LogP contribution >= 0.6 is 15.9 Å². The maximum absolute atomic E-state index is 7.98. The quantitative estimate of drug-likeness (QED) is 0.623. The third kappa shape index (κ3) is 3.69. The highest BCUT2D eigenvalue weighted by atomic mass is 79.9. The van der Waals surface area contributed by atoms with Crippen molar-refractivity contribution in [3.63, 3.8) is 0 Å². The summed E-state index contributed by atoms with van der Waals surface area (Å²) in [4.78, 5) is 2.30. The van der Waals surface area contributed by atoms with E-state index in [4.69, 9.17) is 5.41 Å². The number of nitrogens with one attached hydrogen (secondary N) is 1. The normalized spacial score (nSPS) is 19.1. The zero-order valence-corrected chi connectivity index (χ0v) is 15.4. The Bertz CT molecular complexity index is 593. The van der Waals surface area contributed by atoms with Gasteiger partial charge in [0, 0.05) is 30.7 Å². The largest absolute Gasteiger partial charge is 0.370 e. The highest BCUT2D eigenvalue weighted by Crippen LogP contribution is 2.28. The summed E-state index contributed by atoms with van der Waals surface area (Å²) in [5.41, 5.74) is 3.78. The number of aromatic nitrogens is 2. The van der Waals surface area contributed by atoms with Crippen LogP contribution in [0.1, 0.15) is 38.9 Å². The summed E-state index contributed by atoms with van der Waals surface area (Å²) in [6.07, 6.45) is 5.07. The number of nitrogens with zero attached hydrogens (tertiary/aromatic N) is 3. The van der Waals surface area contributed by atoms with Gasteiger partial charge in [-0.05, 0) is 53.8 Å². The summed E-state index contributed by atoms with van der Waals surface area (Å²) < 4.78 is 3.12. The molecule has 0 aromatic carbocycles. The first kappa shape index (κ1) is 17.0. The van der Waals surface area contributed by atoms with Gasteiger partial charge < -0.3 is 10.3 Å². The summed E-state index contributed by atoms with van der Waals surface area (Å²) in [7, 11) is 0. The molecule has 4 nitrogen and oxygen atoms in total. The fraction of sp³-hybridized carbons (Fsp3) is 0.529. The van der Waals surface area contributed by atoms with Crippen molar-refractivity contribution in [1.29, 1.82) is 5.41 Å². The molecular weight excluding hydrogens is 340 g/mol. The smallest absolute Gasteiger partial charge is 0.0735 e. The molecule has 2 rings (SSSR count). The molecule has 120 valence electrons. The number of rotatable bonds is 5. The van der Waals surface area contributed by atoms with Crippen molar-refractivity contribution >= 4 is 21.6 Å². The molecule has 1 aromatic heterocycles. The minimum absolute atomic E-state index is 0.249. The maximum Gasteiger partial charge on any atom is 0.0735 e. The molecular formula is C17H25BrN4. The van der Waals surface area contributed by atoms with Gasteiger partial charge in [0.05, 0.1) is 16.2 Å². The minimum Gasteiger partial charge on any atom is -0.370 e. The van der Waals surface area contributed by atoms with Gasteiger partial charge in [-0.3, -0.25) is 4.68 Å². The zero-order valence-electron chi connectivity index (χ0n) is 13.9. The molecule has 0 radical (unpaired) electrons. The summed E-state index contributed by atoms with van der Waals surface area (Å²) in [5, 5.41) is 12.6. The molecule has 0 spiro atoms. The molecule has 1 aromatic rings. The van der Waals surface area contributed by atoms with E-state index >= 15 is 0 Å². The van der Waals surface area contributed by atoms with Gasteiger partial charge in [-0.25, -0.2) is 0 Å². The number of aryl methyl sites for hydroxylation is 1. The van der Waals surface area contributed by atoms with Crippen molar-refractivity contribution < 1.29 is 0 Å². The van der Waals surface area contributed by atoms with E-state index in [1.165, 1.54) is 0 Å². The molecule has 1 aliphatic heterocycles. The molecule has 1 unspecified atom stereocenters. The van der Waals surface area contributed by atoms with Gasteiger partial charge in [0.1, 0.15) is 0 Å². The lowest BCUT2D eigenvalue weighted by molar-refractivity contribution is 0.395. The van der Waals surface area contributed by atoms with Gasteiger partial charge in [-0.15, -0.1) is 0 Å². The van der Waals surface area contributed by atoms with Crippen molar-refractivity contribution in [2.75, 3.05) is 13.1 Å². The third-order valence-corrected chi connectivity index (χ3v) is 5.00. The summed E-state index contributed by atoms with van der Waals surface area (Å²) in [5.74, 6) is 0.249. The summed E-state index contributed by atoms with van der Waals surface area (Å²) in [6.45, 7) is 14.3. The molecule has 0 aliphatic carbocycles. The van der Waals surface area contributed by atoms with Crippen molar-refractivity contribution in [3.05, 3.63) is 40.3 Å². The van der Waals surface area contributed by atoms with E-state index in [1.54, 1.807) is 0 Å². The van der Waals surface area contributed by atoms with Crippen molar-refractivity contribution in [2.45, 2.75) is 40.2 Å². The number of hydrogen-bond acceptors (Lipinski definition) is 3. The third-order valence-electron chi connectivity index (χ3n) is 4.23. The topological polar surface area (TPSA) is 44.9 Å². The molecule has 5 heteroatoms.